The molecule has 0 atom stereocenters. The van der Waals surface area contributed by atoms with Crippen molar-refractivity contribution in [2.75, 3.05) is 18.6 Å². The lowest BCUT2D eigenvalue weighted by atomic mass is 9.78. The lowest BCUT2D eigenvalue weighted by Crippen LogP contribution is -2.41. The minimum absolute atomic E-state index is 0.110. The van der Waals surface area contributed by atoms with Crippen LogP contribution < -0.4 is 9.64 Å². The molecule has 0 aliphatic heterocycles. The summed E-state index contributed by atoms with van der Waals surface area (Å²) in [6, 6.07) is 14.0. The number of hydrogen-bond donors (Lipinski definition) is 1. The summed E-state index contributed by atoms with van der Waals surface area (Å²) >= 11 is 0. The maximum atomic E-state index is 14.2. The maximum absolute atomic E-state index is 14.2. The number of nitriles is 1. The molecule has 3 aliphatic carbocycles. The molecule has 44 heavy (non-hydrogen) atoms. The SMILES string of the molecule is COc1ccc([C@H]2CC[C@H](CN(c3cccc(-c4coc(C5CC5)n4)c3)C(=O)[C@H]3CC[C@H](CC(=O)O)CC3)CC2)nc1C#N. The molecular weight excluding hydrogens is 556 g/mol. The lowest BCUT2D eigenvalue weighted by molar-refractivity contribution is -0.138. The molecule has 9 nitrogen and oxygen atoms in total. The molecule has 3 aliphatic rings. The van der Waals surface area contributed by atoms with Crippen LogP contribution in [0.25, 0.3) is 11.3 Å². The molecule has 1 N–H and O–H groups in total. The van der Waals surface area contributed by atoms with Gasteiger partial charge in [-0.3, -0.25) is 9.59 Å². The summed E-state index contributed by atoms with van der Waals surface area (Å²) in [6.07, 6.45) is 10.9. The van der Waals surface area contributed by atoms with Gasteiger partial charge in [0.25, 0.3) is 0 Å². The van der Waals surface area contributed by atoms with Crippen LogP contribution in [0.5, 0.6) is 5.75 Å². The zero-order chi connectivity index (χ0) is 30.6. The van der Waals surface area contributed by atoms with E-state index >= 15 is 0 Å². The maximum Gasteiger partial charge on any atom is 0.303 e. The van der Waals surface area contributed by atoms with Crippen molar-refractivity contribution in [3.8, 4) is 23.1 Å². The molecule has 0 bridgehead atoms. The summed E-state index contributed by atoms with van der Waals surface area (Å²) < 4.78 is 11.0. The second-order valence-corrected chi connectivity index (χ2v) is 12.8. The van der Waals surface area contributed by atoms with Crippen molar-refractivity contribution in [1.82, 2.24) is 9.97 Å². The minimum atomic E-state index is -0.764. The number of oxazole rings is 1. The van der Waals surface area contributed by atoms with E-state index in [4.69, 9.17) is 14.1 Å². The first-order valence-electron chi connectivity index (χ1n) is 16.0. The summed E-state index contributed by atoms with van der Waals surface area (Å²) in [5, 5.41) is 18.7. The standard InChI is InChI=1S/C35H40N4O5/c1-43-32-16-15-29(37-30(32)19-36)24-9-7-23(8-10-24)20-39(35(42)26-11-5-22(6-12-26)17-33(40)41)28-4-2-3-27(18-28)31-21-44-34(38-31)25-13-14-25/h2-4,15-16,18,21-26H,5-14,17,20H2,1H3,(H,40,41)/t22-,23-,24-,26-. The van der Waals surface area contributed by atoms with Crippen LogP contribution in [0.2, 0.25) is 0 Å². The number of anilines is 1. The molecule has 0 saturated heterocycles. The van der Waals surface area contributed by atoms with Crippen LogP contribution in [0.1, 0.15) is 99.7 Å². The number of rotatable bonds is 10. The van der Waals surface area contributed by atoms with Gasteiger partial charge in [0.2, 0.25) is 5.91 Å². The molecule has 230 valence electrons. The van der Waals surface area contributed by atoms with E-state index in [0.29, 0.717) is 29.8 Å². The molecule has 6 rings (SSSR count). The molecule has 0 unspecified atom stereocenters. The van der Waals surface area contributed by atoms with E-state index in [0.717, 1.165) is 92.7 Å². The van der Waals surface area contributed by atoms with E-state index in [-0.39, 0.29) is 30.1 Å². The van der Waals surface area contributed by atoms with Crippen molar-refractivity contribution in [2.24, 2.45) is 17.8 Å². The largest absolute Gasteiger partial charge is 0.494 e. The number of benzene rings is 1. The van der Waals surface area contributed by atoms with Crippen molar-refractivity contribution in [2.45, 2.75) is 82.5 Å². The van der Waals surface area contributed by atoms with Crippen LogP contribution in [-0.4, -0.2) is 40.6 Å². The fourth-order valence-corrected chi connectivity index (χ4v) is 7.01. The topological polar surface area (TPSA) is 130 Å². The third kappa shape index (κ3) is 6.80. The van der Waals surface area contributed by atoms with Crippen LogP contribution in [0.4, 0.5) is 5.69 Å². The highest BCUT2D eigenvalue weighted by Crippen LogP contribution is 2.41. The number of aliphatic carboxylic acids is 1. The van der Waals surface area contributed by atoms with Crippen LogP contribution in [0.3, 0.4) is 0 Å². The molecule has 3 aromatic rings. The third-order valence-electron chi connectivity index (χ3n) is 9.74. The normalized spacial score (nSPS) is 23.5. The van der Waals surface area contributed by atoms with Crippen molar-refractivity contribution in [3.63, 3.8) is 0 Å². The molecule has 0 radical (unpaired) electrons. The molecule has 2 heterocycles. The van der Waals surface area contributed by atoms with Gasteiger partial charge in [-0.25, -0.2) is 9.97 Å². The van der Waals surface area contributed by atoms with Gasteiger partial charge in [-0.2, -0.15) is 5.26 Å². The van der Waals surface area contributed by atoms with Crippen LogP contribution in [-0.2, 0) is 9.59 Å². The van der Waals surface area contributed by atoms with Gasteiger partial charge < -0.3 is 19.2 Å². The quantitative estimate of drug-likeness (QED) is 0.263. The van der Waals surface area contributed by atoms with Gasteiger partial charge in [-0.1, -0.05) is 12.1 Å². The summed E-state index contributed by atoms with van der Waals surface area (Å²) in [6.45, 7) is 0.635. The Kier molecular flexibility index (Phi) is 8.96. The van der Waals surface area contributed by atoms with E-state index < -0.39 is 5.97 Å². The number of carboxylic acids is 1. The number of carbonyl (C=O) groups is 2. The highest BCUT2D eigenvalue weighted by molar-refractivity contribution is 5.95. The molecule has 3 saturated carbocycles. The third-order valence-corrected chi connectivity index (χ3v) is 9.74. The highest BCUT2D eigenvalue weighted by atomic mass is 16.5. The van der Waals surface area contributed by atoms with Gasteiger partial charge in [0.15, 0.2) is 17.3 Å². The average molecular weight is 597 g/mol. The smallest absolute Gasteiger partial charge is 0.303 e. The minimum Gasteiger partial charge on any atom is -0.494 e. The average Bonchev–Trinajstić information content (AvgIpc) is 3.79. The van der Waals surface area contributed by atoms with Crippen LogP contribution in [0.15, 0.2) is 47.1 Å². The van der Waals surface area contributed by atoms with Crippen molar-refractivity contribution >= 4 is 17.6 Å². The van der Waals surface area contributed by atoms with Gasteiger partial charge in [0, 0.05) is 47.7 Å². The molecule has 3 fully saturated rings. The first kappa shape index (κ1) is 29.9. The molecule has 1 aromatic carbocycles. The number of carboxylic acid groups (broad SMARTS) is 1. The first-order valence-corrected chi connectivity index (χ1v) is 16.0. The Morgan fingerprint density at radius 2 is 1.70 bits per heavy atom. The Bertz CT molecular complexity index is 1520. The molecule has 9 heteroatoms. The number of amides is 1. The molecule has 1 amide bonds. The van der Waals surface area contributed by atoms with Gasteiger partial charge in [0.1, 0.15) is 18.0 Å². The zero-order valence-electron chi connectivity index (χ0n) is 25.3. The van der Waals surface area contributed by atoms with E-state index in [9.17, 15) is 20.0 Å². The summed E-state index contributed by atoms with van der Waals surface area (Å²) in [5.74, 6) is 1.72. The fraction of sp³-hybridized carbons (Fsp3) is 0.514. The van der Waals surface area contributed by atoms with Crippen LogP contribution >= 0.6 is 0 Å². The summed E-state index contributed by atoms with van der Waals surface area (Å²) in [5.41, 5.74) is 3.84. The molecule has 2 aromatic heterocycles. The Balaban J connectivity index is 1.18. The number of methoxy groups -OCH3 is 1. The van der Waals surface area contributed by atoms with Crippen molar-refractivity contribution in [1.29, 1.82) is 5.26 Å². The predicted molar refractivity (Wildman–Crippen MR) is 164 cm³/mol. The molecule has 0 spiro atoms. The van der Waals surface area contributed by atoms with E-state index in [1.807, 2.05) is 35.2 Å². The Hall–Kier alpha value is -4.19. The summed E-state index contributed by atoms with van der Waals surface area (Å²) in [4.78, 5) is 36.7. The Morgan fingerprint density at radius 1 is 0.977 bits per heavy atom. The number of aromatic nitrogens is 2. The number of pyridine rings is 1. The number of carbonyl (C=O) groups excluding carboxylic acids is 1. The zero-order valence-corrected chi connectivity index (χ0v) is 25.3. The lowest BCUT2D eigenvalue weighted by Gasteiger charge is -2.36. The second kappa shape index (κ2) is 13.2. The monoisotopic (exact) mass is 596 g/mol. The van der Waals surface area contributed by atoms with Gasteiger partial charge in [-0.15, -0.1) is 0 Å². The first-order chi connectivity index (χ1) is 21.4. The molecular formula is C35H40N4O5. The van der Waals surface area contributed by atoms with Crippen molar-refractivity contribution < 1.29 is 23.8 Å². The Labute approximate surface area is 258 Å². The van der Waals surface area contributed by atoms with Crippen molar-refractivity contribution in [3.05, 3.63) is 59.9 Å². The van der Waals surface area contributed by atoms with E-state index in [1.54, 1.807) is 13.4 Å². The summed E-state index contributed by atoms with van der Waals surface area (Å²) in [7, 11) is 1.55. The van der Waals surface area contributed by atoms with Gasteiger partial charge in [0.05, 0.1) is 7.11 Å². The Morgan fingerprint density at radius 3 is 2.39 bits per heavy atom. The predicted octanol–water partition coefficient (Wildman–Crippen LogP) is 7.08. The number of nitrogens with zero attached hydrogens (tertiary/aromatic N) is 4. The van der Waals surface area contributed by atoms with E-state index in [2.05, 4.69) is 17.1 Å². The van der Waals surface area contributed by atoms with Gasteiger partial charge >= 0.3 is 5.97 Å². The second-order valence-electron chi connectivity index (χ2n) is 12.8. The van der Waals surface area contributed by atoms with E-state index in [1.165, 1.54) is 0 Å². The highest BCUT2D eigenvalue weighted by Gasteiger charge is 2.34. The number of ether oxygens (including phenoxy) is 1. The fourth-order valence-electron chi connectivity index (χ4n) is 7.01. The van der Waals surface area contributed by atoms with Gasteiger partial charge in [-0.05, 0) is 100 Å². The van der Waals surface area contributed by atoms with Crippen LogP contribution in [0, 0.1) is 29.1 Å². The number of hydrogen-bond acceptors (Lipinski definition) is 7.